The number of ether oxygens (including phenoxy) is 2. The highest BCUT2D eigenvalue weighted by atomic mass is 32.1. The second-order valence-electron chi connectivity index (χ2n) is 21.1. The minimum atomic E-state index is -0.782. The Hall–Kier alpha value is -6.46. The number of hydrogen-bond acceptors (Lipinski definition) is 18. The number of fused-ring (bicyclic) bond motifs is 1. The van der Waals surface area contributed by atoms with Crippen LogP contribution >= 0.6 is 11.3 Å². The van der Waals surface area contributed by atoms with Gasteiger partial charge in [0.15, 0.2) is 0 Å². The highest BCUT2D eigenvalue weighted by Crippen LogP contribution is 2.33. The summed E-state index contributed by atoms with van der Waals surface area (Å²) in [5, 5.41) is 34.2. The Morgan fingerprint density at radius 1 is 0.844 bits per heavy atom. The molecule has 3 saturated heterocycles. The monoisotopic (exact) mass is 1070 g/mol. The number of aliphatic hydroxyl groups excluding tert-OH is 2. The fraction of sp³-hybridized carbons (Fsp3) is 0.482. The van der Waals surface area contributed by atoms with Gasteiger partial charge in [-0.05, 0) is 84.7 Å². The van der Waals surface area contributed by atoms with Crippen molar-refractivity contribution in [2.24, 2.45) is 11.3 Å². The number of carbonyl (C=O) groups excluding carboxylic acids is 2. The van der Waals surface area contributed by atoms with Gasteiger partial charge < -0.3 is 55.7 Å². The first-order valence-electron chi connectivity index (χ1n) is 26.7. The second-order valence-corrected chi connectivity index (χ2v) is 22.0. The summed E-state index contributed by atoms with van der Waals surface area (Å²) >= 11 is 1.59. The lowest BCUT2D eigenvalue weighted by Gasteiger charge is -2.35. The van der Waals surface area contributed by atoms with Gasteiger partial charge in [0, 0.05) is 89.5 Å². The molecule has 19 nitrogen and oxygen atoms in total. The molecular formula is C56H72FN13O6S. The zero-order chi connectivity index (χ0) is 53.9. The Kier molecular flexibility index (Phi) is 18.5. The third-order valence-electron chi connectivity index (χ3n) is 14.5. The summed E-state index contributed by atoms with van der Waals surface area (Å²) in [5.41, 5.74) is 6.76. The summed E-state index contributed by atoms with van der Waals surface area (Å²) in [7, 11) is 0. The van der Waals surface area contributed by atoms with Crippen LogP contribution in [0.25, 0.3) is 21.3 Å². The van der Waals surface area contributed by atoms with E-state index >= 15 is 0 Å². The molecule has 3 atom stereocenters. The fourth-order valence-electron chi connectivity index (χ4n) is 10.1. The smallest absolute Gasteiger partial charge is 0.243 e. The third kappa shape index (κ3) is 14.6. The van der Waals surface area contributed by atoms with E-state index in [0.29, 0.717) is 68.3 Å². The molecule has 3 fully saturated rings. The summed E-state index contributed by atoms with van der Waals surface area (Å²) in [6, 6.07) is 18.7. The first-order valence-corrected chi connectivity index (χ1v) is 27.6. The van der Waals surface area contributed by atoms with Gasteiger partial charge in [-0.2, -0.15) is 4.98 Å². The van der Waals surface area contributed by atoms with Crippen LogP contribution in [0, 0.1) is 24.1 Å². The van der Waals surface area contributed by atoms with Crippen molar-refractivity contribution in [1.29, 1.82) is 0 Å². The van der Waals surface area contributed by atoms with Crippen molar-refractivity contribution in [1.82, 2.24) is 45.4 Å². The maximum Gasteiger partial charge on any atom is 0.243 e. The largest absolute Gasteiger partial charge is 0.396 e. The van der Waals surface area contributed by atoms with E-state index in [1.807, 2.05) is 75.8 Å². The molecule has 410 valence electrons. The van der Waals surface area contributed by atoms with Crippen LogP contribution in [-0.4, -0.2) is 167 Å². The number of thiazole rings is 1. The first-order chi connectivity index (χ1) is 37.3. The van der Waals surface area contributed by atoms with E-state index < -0.39 is 23.6 Å². The molecule has 0 saturated carbocycles. The van der Waals surface area contributed by atoms with Crippen molar-refractivity contribution in [3.05, 3.63) is 102 Å². The van der Waals surface area contributed by atoms with Crippen LogP contribution in [0.5, 0.6) is 0 Å². The number of piperidine rings is 1. The number of piperazine rings is 1. The van der Waals surface area contributed by atoms with E-state index in [4.69, 9.17) is 24.4 Å². The Morgan fingerprint density at radius 3 is 2.27 bits per heavy atom. The van der Waals surface area contributed by atoms with Gasteiger partial charge >= 0.3 is 0 Å². The Morgan fingerprint density at radius 2 is 1.58 bits per heavy atom. The molecule has 6 aromatic rings. The Labute approximate surface area is 453 Å². The number of halogens is 1. The van der Waals surface area contributed by atoms with E-state index in [-0.39, 0.29) is 43.1 Å². The molecule has 2 aromatic carbocycles. The molecule has 0 spiro atoms. The van der Waals surface area contributed by atoms with E-state index in [9.17, 15) is 24.2 Å². The Balaban J connectivity index is 0.671. The summed E-state index contributed by atoms with van der Waals surface area (Å²) in [5.74, 6) is 1.88. The quantitative estimate of drug-likeness (QED) is 0.0422. The van der Waals surface area contributed by atoms with Crippen molar-refractivity contribution >= 4 is 68.8 Å². The van der Waals surface area contributed by atoms with Crippen molar-refractivity contribution in [2.75, 3.05) is 112 Å². The number of β-amino-alcohol motifs (C(OH)–C–C–N with tert-alkyl or cyclic N) is 1. The number of nitrogens with one attached hydrogen (secondary N) is 4. The second kappa shape index (κ2) is 25.8. The van der Waals surface area contributed by atoms with Crippen LogP contribution < -0.4 is 31.1 Å². The highest BCUT2D eigenvalue weighted by Gasteiger charge is 2.44. The van der Waals surface area contributed by atoms with Gasteiger partial charge in [0.1, 0.15) is 29.3 Å². The van der Waals surface area contributed by atoms with Crippen LogP contribution in [0.2, 0.25) is 0 Å². The fourth-order valence-corrected chi connectivity index (χ4v) is 10.9. The molecule has 0 unspecified atom stereocenters. The maximum absolute atomic E-state index is 14.0. The van der Waals surface area contributed by atoms with Crippen LogP contribution in [0.1, 0.15) is 51.3 Å². The van der Waals surface area contributed by atoms with Gasteiger partial charge in [0.2, 0.25) is 17.8 Å². The molecular weight excluding hydrogens is 1000 g/mol. The normalized spacial score (nSPS) is 18.0. The third-order valence-corrected chi connectivity index (χ3v) is 15.5. The highest BCUT2D eigenvalue weighted by molar-refractivity contribution is 7.13. The van der Waals surface area contributed by atoms with Gasteiger partial charge in [0.05, 0.1) is 78.3 Å². The predicted molar refractivity (Wildman–Crippen MR) is 298 cm³/mol. The molecule has 3 aliphatic heterocycles. The van der Waals surface area contributed by atoms with Crippen molar-refractivity contribution in [3.63, 3.8) is 0 Å². The SMILES string of the molecule is Cc1ncsc1-c1ccc(CNC(=O)[C@@H]2C[C@@H](O)CN2C(=O)[C@@H](NCCOCCOCCN2CCN(c3ccc(Nc4cc5c(N6CCC(CO)CC6)nc(Nc6ccc(F)cc6)nc5cn4)nc3)CC2)C(C)(C)C)cc1. The molecule has 9 rings (SSSR count). The maximum atomic E-state index is 14.0. The van der Waals surface area contributed by atoms with Crippen LogP contribution in [0.3, 0.4) is 0 Å². The number of nitrogens with zero attached hydrogens (tertiary/aromatic N) is 9. The molecule has 3 aliphatic rings. The summed E-state index contributed by atoms with van der Waals surface area (Å²) in [6.07, 6.45) is 4.73. The number of aromatic nitrogens is 5. The number of pyridine rings is 2. The zero-order valence-electron chi connectivity index (χ0n) is 44.5. The molecule has 0 aliphatic carbocycles. The van der Waals surface area contributed by atoms with Gasteiger partial charge in [-0.25, -0.2) is 24.3 Å². The molecule has 0 bridgehead atoms. The topological polar surface area (TPSA) is 219 Å². The van der Waals surface area contributed by atoms with E-state index in [1.54, 1.807) is 29.7 Å². The number of benzene rings is 2. The number of hydrogen-bond donors (Lipinski definition) is 6. The summed E-state index contributed by atoms with van der Waals surface area (Å²) < 4.78 is 25.4. The van der Waals surface area contributed by atoms with E-state index in [0.717, 1.165) is 97.2 Å². The standard InChI is InChI=1S/C56H72FN13O6S/c1-37-50(77-36-62-37)40-7-5-38(6-8-40)31-61-53(73)47-29-44(72)34-70(47)54(74)51(56(2,3)4)58-17-25-75-27-28-76-26-24-67-20-22-68(23-21-67)43-13-14-48(59-32-43)65-49-30-45-46(33-60-49)64-55(63-42-11-9-41(57)10-12-42)66-52(45)69-18-15-39(35-71)16-19-69/h5-14,30,32-33,36,39,44,47,51,58,71-72H,15-29,31,34-35H2,1-4H3,(H,61,73)(H,59,60,65)(H,63,64,66)/t44-,47+,51-/m1/s1. The Bertz CT molecular complexity index is 2880. The molecule has 6 N–H and O–H groups in total. The zero-order valence-corrected chi connectivity index (χ0v) is 45.3. The number of anilines is 6. The van der Waals surface area contributed by atoms with Crippen LogP contribution in [0.4, 0.5) is 39.2 Å². The average Bonchev–Trinajstić information content (AvgIpc) is 4.06. The minimum absolute atomic E-state index is 0.102. The molecule has 0 radical (unpaired) electrons. The van der Waals surface area contributed by atoms with Crippen LogP contribution in [-0.2, 0) is 25.6 Å². The first kappa shape index (κ1) is 55.3. The minimum Gasteiger partial charge on any atom is -0.396 e. The van der Waals surface area contributed by atoms with Crippen molar-refractivity contribution in [3.8, 4) is 10.4 Å². The lowest BCUT2D eigenvalue weighted by atomic mass is 9.85. The number of likely N-dealkylation sites (tertiary alicyclic amines) is 1. The lowest BCUT2D eigenvalue weighted by molar-refractivity contribution is -0.142. The van der Waals surface area contributed by atoms with Crippen molar-refractivity contribution < 1.29 is 33.7 Å². The molecule has 7 heterocycles. The number of rotatable bonds is 22. The van der Waals surface area contributed by atoms with Gasteiger partial charge in [-0.15, -0.1) is 11.3 Å². The average molecular weight is 1070 g/mol. The predicted octanol–water partition coefficient (Wildman–Crippen LogP) is 6.12. The lowest BCUT2D eigenvalue weighted by Crippen LogP contribution is -2.57. The number of aliphatic hydroxyl groups is 2. The molecule has 2 amide bonds. The van der Waals surface area contributed by atoms with Gasteiger partial charge in [-0.1, -0.05) is 45.0 Å². The number of amides is 2. The van der Waals surface area contributed by atoms with Crippen LogP contribution in [0.15, 0.2) is 84.6 Å². The molecule has 21 heteroatoms. The van der Waals surface area contributed by atoms with Gasteiger partial charge in [0.25, 0.3) is 0 Å². The van der Waals surface area contributed by atoms with E-state index in [1.165, 1.54) is 17.0 Å². The van der Waals surface area contributed by atoms with Gasteiger partial charge in [-0.3, -0.25) is 14.5 Å². The summed E-state index contributed by atoms with van der Waals surface area (Å²) in [6.45, 7) is 16.7. The number of aryl methyl sites for hydroxylation is 1. The van der Waals surface area contributed by atoms with E-state index in [2.05, 4.69) is 52.0 Å². The molecule has 4 aromatic heterocycles. The molecule has 77 heavy (non-hydrogen) atoms. The summed E-state index contributed by atoms with van der Waals surface area (Å²) in [4.78, 5) is 60.5. The van der Waals surface area contributed by atoms with Crippen molar-refractivity contribution in [2.45, 2.75) is 71.7 Å². The number of carbonyl (C=O) groups is 2.